The maximum absolute atomic E-state index is 5.53. The first-order chi connectivity index (χ1) is 10.8. The first-order valence-corrected chi connectivity index (χ1v) is 7.95. The number of methoxy groups -OCH3 is 1. The highest BCUT2D eigenvalue weighted by atomic mass is 16.5. The lowest BCUT2D eigenvalue weighted by molar-refractivity contribution is 0.129. The summed E-state index contributed by atoms with van der Waals surface area (Å²) in [6, 6.07) is 8.00. The maximum atomic E-state index is 5.53. The van der Waals surface area contributed by atoms with Crippen molar-refractivity contribution in [3.05, 3.63) is 29.8 Å². The molecule has 0 saturated carbocycles. The van der Waals surface area contributed by atoms with Gasteiger partial charge in [0.25, 0.3) is 0 Å². The van der Waals surface area contributed by atoms with Crippen molar-refractivity contribution in [1.82, 2.24) is 10.6 Å². The molecule has 0 heterocycles. The topological polar surface area (TPSA) is 54.9 Å². The molecule has 1 rings (SSSR count). The summed E-state index contributed by atoms with van der Waals surface area (Å²) in [6.07, 6.45) is 3.29. The standard InChI is InChI=1S/C17H29N3O2/c1-4-5-11-22-12-7-10-19-17(18-2)20-14-15-8-6-9-16(13-15)21-3/h6,8-9,13H,4-5,7,10-12,14H2,1-3H3,(H2,18,19,20). The molecule has 0 aliphatic carbocycles. The zero-order valence-corrected chi connectivity index (χ0v) is 14.0. The number of guanidine groups is 1. The first-order valence-electron chi connectivity index (χ1n) is 7.95. The van der Waals surface area contributed by atoms with E-state index in [1.807, 2.05) is 18.2 Å². The van der Waals surface area contributed by atoms with Crippen LogP contribution in [0.4, 0.5) is 0 Å². The van der Waals surface area contributed by atoms with Gasteiger partial charge >= 0.3 is 0 Å². The quantitative estimate of drug-likeness (QED) is 0.396. The van der Waals surface area contributed by atoms with Crippen LogP contribution in [0.3, 0.4) is 0 Å². The number of aliphatic imine (C=N–C) groups is 1. The van der Waals surface area contributed by atoms with Gasteiger partial charge in [-0.25, -0.2) is 0 Å². The highest BCUT2D eigenvalue weighted by molar-refractivity contribution is 5.79. The zero-order valence-electron chi connectivity index (χ0n) is 14.0. The lowest BCUT2D eigenvalue weighted by Crippen LogP contribution is -2.37. The smallest absolute Gasteiger partial charge is 0.191 e. The van der Waals surface area contributed by atoms with Crippen molar-refractivity contribution in [2.45, 2.75) is 32.7 Å². The molecule has 0 saturated heterocycles. The summed E-state index contributed by atoms with van der Waals surface area (Å²) in [4.78, 5) is 4.22. The summed E-state index contributed by atoms with van der Waals surface area (Å²) >= 11 is 0. The van der Waals surface area contributed by atoms with E-state index in [1.54, 1.807) is 14.2 Å². The number of hydrogen-bond donors (Lipinski definition) is 2. The van der Waals surface area contributed by atoms with Crippen LogP contribution in [0.15, 0.2) is 29.3 Å². The number of hydrogen-bond acceptors (Lipinski definition) is 3. The van der Waals surface area contributed by atoms with Crippen molar-refractivity contribution in [3.8, 4) is 5.75 Å². The molecule has 0 aliphatic heterocycles. The van der Waals surface area contributed by atoms with Gasteiger partial charge in [0.1, 0.15) is 5.75 Å². The molecule has 0 atom stereocenters. The molecule has 0 aromatic heterocycles. The van der Waals surface area contributed by atoms with E-state index in [4.69, 9.17) is 9.47 Å². The fourth-order valence-corrected chi connectivity index (χ4v) is 1.92. The van der Waals surface area contributed by atoms with Gasteiger partial charge in [-0.1, -0.05) is 25.5 Å². The Bertz CT molecular complexity index is 436. The largest absolute Gasteiger partial charge is 0.497 e. The molecule has 1 aromatic rings. The number of nitrogens with zero attached hydrogens (tertiary/aromatic N) is 1. The molecule has 0 fully saturated rings. The molecule has 22 heavy (non-hydrogen) atoms. The van der Waals surface area contributed by atoms with Crippen molar-refractivity contribution >= 4 is 5.96 Å². The van der Waals surface area contributed by atoms with Crippen molar-refractivity contribution in [3.63, 3.8) is 0 Å². The van der Waals surface area contributed by atoms with Gasteiger partial charge in [0.05, 0.1) is 7.11 Å². The molecule has 0 amide bonds. The van der Waals surface area contributed by atoms with Crippen LogP contribution in [0, 0.1) is 0 Å². The van der Waals surface area contributed by atoms with Gasteiger partial charge in [-0.3, -0.25) is 4.99 Å². The summed E-state index contributed by atoms with van der Waals surface area (Å²) in [5, 5.41) is 6.58. The normalized spacial score (nSPS) is 11.3. The van der Waals surface area contributed by atoms with Crippen LogP contribution >= 0.6 is 0 Å². The van der Waals surface area contributed by atoms with Gasteiger partial charge in [0.15, 0.2) is 5.96 Å². The third kappa shape index (κ3) is 7.88. The van der Waals surface area contributed by atoms with E-state index in [1.165, 1.54) is 6.42 Å². The highest BCUT2D eigenvalue weighted by Gasteiger charge is 1.99. The Morgan fingerprint density at radius 2 is 2.00 bits per heavy atom. The Balaban J connectivity index is 2.19. The van der Waals surface area contributed by atoms with Crippen LogP contribution in [-0.2, 0) is 11.3 Å². The fourth-order valence-electron chi connectivity index (χ4n) is 1.92. The van der Waals surface area contributed by atoms with Gasteiger partial charge in [0.2, 0.25) is 0 Å². The molecule has 5 nitrogen and oxygen atoms in total. The molecule has 5 heteroatoms. The van der Waals surface area contributed by atoms with E-state index < -0.39 is 0 Å². The Morgan fingerprint density at radius 1 is 1.18 bits per heavy atom. The zero-order chi connectivity index (χ0) is 16.0. The molecule has 0 unspecified atom stereocenters. The molecule has 1 aromatic carbocycles. The average Bonchev–Trinajstić information content (AvgIpc) is 2.57. The van der Waals surface area contributed by atoms with E-state index in [-0.39, 0.29) is 0 Å². The summed E-state index contributed by atoms with van der Waals surface area (Å²) in [5.74, 6) is 1.67. The monoisotopic (exact) mass is 307 g/mol. The number of rotatable bonds is 10. The predicted molar refractivity (Wildman–Crippen MR) is 91.5 cm³/mol. The van der Waals surface area contributed by atoms with E-state index in [2.05, 4.69) is 28.6 Å². The summed E-state index contributed by atoms with van der Waals surface area (Å²) in [5.41, 5.74) is 1.16. The fraction of sp³-hybridized carbons (Fsp3) is 0.588. The minimum atomic E-state index is 0.712. The van der Waals surface area contributed by atoms with Crippen LogP contribution < -0.4 is 15.4 Å². The minimum Gasteiger partial charge on any atom is -0.497 e. The Hall–Kier alpha value is -1.75. The second kappa shape index (κ2) is 11.9. The molecule has 0 radical (unpaired) electrons. The predicted octanol–water partition coefficient (Wildman–Crippen LogP) is 2.57. The van der Waals surface area contributed by atoms with Gasteiger partial charge in [0, 0.05) is 33.4 Å². The maximum Gasteiger partial charge on any atom is 0.191 e. The van der Waals surface area contributed by atoms with E-state index >= 15 is 0 Å². The molecule has 0 spiro atoms. The average molecular weight is 307 g/mol. The third-order valence-electron chi connectivity index (χ3n) is 3.22. The van der Waals surface area contributed by atoms with Crippen molar-refractivity contribution in [2.75, 3.05) is 33.9 Å². The van der Waals surface area contributed by atoms with Crippen molar-refractivity contribution < 1.29 is 9.47 Å². The third-order valence-corrected chi connectivity index (χ3v) is 3.22. The van der Waals surface area contributed by atoms with E-state index in [9.17, 15) is 0 Å². The van der Waals surface area contributed by atoms with Gasteiger partial charge in [-0.2, -0.15) is 0 Å². The van der Waals surface area contributed by atoms with Crippen molar-refractivity contribution in [2.24, 2.45) is 4.99 Å². The number of ether oxygens (including phenoxy) is 2. The van der Waals surface area contributed by atoms with E-state index in [0.29, 0.717) is 6.54 Å². The minimum absolute atomic E-state index is 0.712. The SMILES string of the molecule is CCCCOCCCNC(=NC)NCc1cccc(OC)c1. The summed E-state index contributed by atoms with van der Waals surface area (Å²) in [7, 11) is 3.45. The molecular weight excluding hydrogens is 278 g/mol. The first kappa shape index (κ1) is 18.3. The lowest BCUT2D eigenvalue weighted by atomic mass is 10.2. The van der Waals surface area contributed by atoms with Crippen molar-refractivity contribution in [1.29, 1.82) is 0 Å². The van der Waals surface area contributed by atoms with Gasteiger partial charge < -0.3 is 20.1 Å². The van der Waals surface area contributed by atoms with E-state index in [0.717, 1.165) is 49.9 Å². The van der Waals surface area contributed by atoms with Gasteiger partial charge in [-0.05, 0) is 30.5 Å². The molecule has 2 N–H and O–H groups in total. The molecular formula is C17H29N3O2. The Morgan fingerprint density at radius 3 is 2.73 bits per heavy atom. The molecule has 0 aliphatic rings. The molecule has 124 valence electrons. The van der Waals surface area contributed by atoms with Crippen LogP contribution in [-0.4, -0.2) is 39.9 Å². The van der Waals surface area contributed by atoms with Crippen LogP contribution in [0.5, 0.6) is 5.75 Å². The van der Waals surface area contributed by atoms with Crippen LogP contribution in [0.25, 0.3) is 0 Å². The Labute approximate surface area is 134 Å². The summed E-state index contributed by atoms with van der Waals surface area (Å²) in [6.45, 7) is 5.38. The van der Waals surface area contributed by atoms with Crippen LogP contribution in [0.1, 0.15) is 31.7 Å². The molecule has 0 bridgehead atoms. The second-order valence-corrected chi connectivity index (χ2v) is 5.02. The van der Waals surface area contributed by atoms with Gasteiger partial charge in [-0.15, -0.1) is 0 Å². The van der Waals surface area contributed by atoms with Crippen LogP contribution in [0.2, 0.25) is 0 Å². The number of nitrogens with one attached hydrogen (secondary N) is 2. The second-order valence-electron chi connectivity index (χ2n) is 5.02. The lowest BCUT2D eigenvalue weighted by Gasteiger charge is -2.12. The number of benzene rings is 1. The summed E-state index contributed by atoms with van der Waals surface area (Å²) < 4.78 is 10.8. The number of unbranched alkanes of at least 4 members (excludes halogenated alkanes) is 1. The Kier molecular flexibility index (Phi) is 9.87. The highest BCUT2D eigenvalue weighted by Crippen LogP contribution is 2.11.